The first-order valence-electron chi connectivity index (χ1n) is 14.5. The lowest BCUT2D eigenvalue weighted by molar-refractivity contribution is -0.870. The predicted octanol–water partition coefficient (Wildman–Crippen LogP) is 6.07. The number of hydrogen-bond acceptors (Lipinski definition) is 6. The number of nitrogens with zero attached hydrogens (tertiary/aromatic N) is 1. The first kappa shape index (κ1) is 34.2. The van der Waals surface area contributed by atoms with Gasteiger partial charge in [-0.2, -0.15) is 0 Å². The molecule has 0 radical (unpaired) electrons. The maximum atomic E-state index is 12.4. The molecule has 0 fully saturated rings. The zero-order chi connectivity index (χ0) is 27.2. The fourth-order valence-corrected chi connectivity index (χ4v) is 4.87. The third-order valence-electron chi connectivity index (χ3n) is 6.28. The van der Waals surface area contributed by atoms with Crippen molar-refractivity contribution in [1.29, 1.82) is 0 Å². The number of unbranched alkanes of at least 4 members (excludes halogenated alkanes) is 11. The molecule has 1 aromatic rings. The van der Waals surface area contributed by atoms with Gasteiger partial charge in [-0.1, -0.05) is 108 Å². The zero-order valence-electron chi connectivity index (χ0n) is 24.1. The molecule has 2 unspecified atom stereocenters. The van der Waals surface area contributed by atoms with Crippen molar-refractivity contribution in [2.24, 2.45) is 0 Å². The Morgan fingerprint density at radius 1 is 0.865 bits per heavy atom. The quantitative estimate of drug-likeness (QED) is 0.0918. The number of likely N-dealkylation sites (N-methyl/N-ethyl adjacent to an activating group) is 1. The second-order valence-corrected chi connectivity index (χ2v) is 12.5. The van der Waals surface area contributed by atoms with Crippen LogP contribution < -0.4 is 10.2 Å². The molecule has 8 heteroatoms. The molecule has 0 saturated carbocycles. The first-order valence-corrected chi connectivity index (χ1v) is 15.9. The summed E-state index contributed by atoms with van der Waals surface area (Å²) in [7, 11) is 1.54. The van der Waals surface area contributed by atoms with Crippen LogP contribution in [0.15, 0.2) is 30.3 Å². The van der Waals surface area contributed by atoms with E-state index in [1.54, 1.807) is 0 Å². The molecule has 216 valence electrons. The third-order valence-corrected chi connectivity index (χ3v) is 7.33. The lowest BCUT2D eigenvalue weighted by Gasteiger charge is -2.30. The summed E-state index contributed by atoms with van der Waals surface area (Å²) in [4.78, 5) is 12.4. The van der Waals surface area contributed by atoms with Crippen molar-refractivity contribution in [3.63, 3.8) is 0 Å². The maximum absolute atomic E-state index is 12.4. The molecule has 0 aliphatic heterocycles. The monoisotopic (exact) mass is 542 g/mol. The summed E-state index contributed by atoms with van der Waals surface area (Å²) in [5.41, 5.74) is 1.13. The lowest BCUT2D eigenvalue weighted by atomic mass is 10.1. The smallest absolute Gasteiger partial charge is 0.268 e. The van der Waals surface area contributed by atoms with Gasteiger partial charge in [0.2, 0.25) is 0 Å². The van der Waals surface area contributed by atoms with Gasteiger partial charge < -0.3 is 28.5 Å². The average Bonchev–Trinajstić information content (AvgIpc) is 2.83. The van der Waals surface area contributed by atoms with Crippen molar-refractivity contribution in [3.05, 3.63) is 35.9 Å². The second-order valence-electron chi connectivity index (χ2n) is 11.1. The number of benzene rings is 1. The molecule has 37 heavy (non-hydrogen) atoms. The summed E-state index contributed by atoms with van der Waals surface area (Å²) in [6, 6.07) is 9.99. The molecule has 0 bridgehead atoms. The third kappa shape index (κ3) is 21.8. The van der Waals surface area contributed by atoms with Crippen molar-refractivity contribution >= 4 is 7.82 Å². The van der Waals surface area contributed by atoms with Gasteiger partial charge in [0.15, 0.2) is 0 Å². The molecule has 0 aliphatic carbocycles. The Kier molecular flexibility index (Phi) is 19.5. The van der Waals surface area contributed by atoms with Crippen LogP contribution in [0.4, 0.5) is 0 Å². The summed E-state index contributed by atoms with van der Waals surface area (Å²) >= 11 is 0. The summed E-state index contributed by atoms with van der Waals surface area (Å²) in [6.07, 6.45) is 14.9. The van der Waals surface area contributed by atoms with Crippen LogP contribution in [0.5, 0.6) is 0 Å². The van der Waals surface area contributed by atoms with Gasteiger partial charge in [0.1, 0.15) is 19.3 Å². The molecule has 1 N–H and O–H groups in total. The number of phosphoric ester groups is 1. The van der Waals surface area contributed by atoms with Gasteiger partial charge in [-0.05, 0) is 12.0 Å². The predicted molar refractivity (Wildman–Crippen MR) is 151 cm³/mol. The van der Waals surface area contributed by atoms with Crippen LogP contribution in [0.1, 0.15) is 89.5 Å². The van der Waals surface area contributed by atoms with Crippen LogP contribution in [0.3, 0.4) is 0 Å². The van der Waals surface area contributed by atoms with E-state index < -0.39 is 13.9 Å². The van der Waals surface area contributed by atoms with Gasteiger partial charge >= 0.3 is 0 Å². The van der Waals surface area contributed by atoms with Crippen LogP contribution in [0, 0.1) is 0 Å². The molecule has 0 aliphatic rings. The first-order chi connectivity index (χ1) is 17.7. The van der Waals surface area contributed by atoms with E-state index in [-0.39, 0.29) is 13.2 Å². The van der Waals surface area contributed by atoms with Crippen LogP contribution in [-0.2, 0) is 24.9 Å². The van der Waals surface area contributed by atoms with E-state index in [2.05, 4.69) is 12.2 Å². The molecule has 0 spiro atoms. The second kappa shape index (κ2) is 21.1. The Morgan fingerprint density at radius 2 is 1.43 bits per heavy atom. The Labute approximate surface area is 227 Å². The summed E-state index contributed by atoms with van der Waals surface area (Å²) in [5.74, 6) is 0. The zero-order valence-corrected chi connectivity index (χ0v) is 25.0. The highest BCUT2D eigenvalue weighted by Crippen LogP contribution is 2.39. The summed E-state index contributed by atoms with van der Waals surface area (Å²) in [5, 5.41) is 3.28. The van der Waals surface area contributed by atoms with Gasteiger partial charge in [-0.15, -0.1) is 0 Å². The fraction of sp³-hybridized carbons (Fsp3) is 0.793. The van der Waals surface area contributed by atoms with E-state index >= 15 is 0 Å². The van der Waals surface area contributed by atoms with Crippen LogP contribution >= 0.6 is 7.82 Å². The minimum Gasteiger partial charge on any atom is -0.756 e. The molecule has 0 aromatic heterocycles. The maximum Gasteiger partial charge on any atom is 0.268 e. The largest absolute Gasteiger partial charge is 0.756 e. The number of quaternary nitrogens is 1. The van der Waals surface area contributed by atoms with Gasteiger partial charge in [-0.3, -0.25) is 4.57 Å². The van der Waals surface area contributed by atoms with E-state index in [4.69, 9.17) is 13.8 Å². The molecular weight excluding hydrogens is 487 g/mol. The summed E-state index contributed by atoms with van der Waals surface area (Å²) < 4.78 is 29.3. The van der Waals surface area contributed by atoms with E-state index in [0.29, 0.717) is 30.7 Å². The molecule has 2 atom stereocenters. The van der Waals surface area contributed by atoms with E-state index in [1.807, 2.05) is 51.5 Å². The Bertz CT molecular complexity index is 699. The van der Waals surface area contributed by atoms with Crippen LogP contribution in [0.25, 0.3) is 0 Å². The van der Waals surface area contributed by atoms with Crippen molar-refractivity contribution in [1.82, 2.24) is 5.32 Å². The average molecular weight is 543 g/mol. The van der Waals surface area contributed by atoms with Crippen LogP contribution in [0.2, 0.25) is 0 Å². The molecule has 0 amide bonds. The number of nitrogens with one attached hydrogen (secondary N) is 1. The Balaban J connectivity index is 2.26. The summed E-state index contributed by atoms with van der Waals surface area (Å²) in [6.45, 7) is 4.74. The number of hydrogen-bond donors (Lipinski definition) is 1. The van der Waals surface area contributed by atoms with Crippen molar-refractivity contribution < 1.29 is 27.7 Å². The molecule has 7 nitrogen and oxygen atoms in total. The molecule has 0 saturated heterocycles. The fourth-order valence-electron chi connectivity index (χ4n) is 4.00. The van der Waals surface area contributed by atoms with Gasteiger partial charge in [0.25, 0.3) is 7.82 Å². The number of ether oxygens (including phenoxy) is 1. The highest BCUT2D eigenvalue weighted by molar-refractivity contribution is 7.45. The molecule has 1 aromatic carbocycles. The molecular formula is C29H55N2O5P. The topological polar surface area (TPSA) is 79.9 Å². The highest BCUT2D eigenvalue weighted by atomic mass is 31.2. The number of rotatable bonds is 25. The van der Waals surface area contributed by atoms with Crippen molar-refractivity contribution in [3.8, 4) is 0 Å². The highest BCUT2D eigenvalue weighted by Gasteiger charge is 2.20. The Hall–Kier alpha value is -0.790. The minimum atomic E-state index is -4.42. The van der Waals surface area contributed by atoms with Crippen LogP contribution in [-0.4, -0.2) is 64.6 Å². The van der Waals surface area contributed by atoms with Gasteiger partial charge in [-0.25, -0.2) is 0 Å². The minimum absolute atomic E-state index is 0.0914. The van der Waals surface area contributed by atoms with E-state index in [1.165, 1.54) is 64.2 Å². The molecule has 1 rings (SSSR count). The normalized spacial score (nSPS) is 14.5. The van der Waals surface area contributed by atoms with E-state index in [0.717, 1.165) is 18.4 Å². The lowest BCUT2D eigenvalue weighted by Crippen LogP contribution is -2.38. The van der Waals surface area contributed by atoms with E-state index in [9.17, 15) is 9.46 Å². The van der Waals surface area contributed by atoms with Crippen molar-refractivity contribution in [2.45, 2.75) is 96.6 Å². The number of phosphoric acid groups is 1. The van der Waals surface area contributed by atoms with Gasteiger partial charge in [0.05, 0.1) is 27.7 Å². The van der Waals surface area contributed by atoms with Crippen molar-refractivity contribution in [2.75, 3.05) is 54.1 Å². The van der Waals surface area contributed by atoms with Gasteiger partial charge in [0, 0.05) is 19.7 Å². The standard InChI is InChI=1S/C29H55N2O5P/c1-5-6-7-8-9-10-11-12-13-14-15-19-23-34-27-29(26-30-25-28-20-17-16-18-21-28)36-37(32,33)35-24-22-31(2,3)4/h16-18,20-21,29-30H,5-15,19,22-27H2,1-4H3. The Morgan fingerprint density at radius 3 is 2.00 bits per heavy atom. The molecule has 0 heterocycles. The SMILES string of the molecule is CCCCCCCCCCCCCCOCC(CNCc1ccccc1)OP(=O)([O-])OCC[N+](C)(C)C.